The zero-order chi connectivity index (χ0) is 28.3. The molecule has 1 aliphatic heterocycles. The Morgan fingerprint density at radius 3 is 2.27 bits per heavy atom. The Kier molecular flexibility index (Phi) is 12.7. The van der Waals surface area contributed by atoms with Gasteiger partial charge in [-0.05, 0) is 18.8 Å². The number of imide groups is 1. The lowest BCUT2D eigenvalue weighted by atomic mass is 9.89. The number of rotatable bonds is 15. The second kappa shape index (κ2) is 14.9. The molecule has 0 saturated carbocycles. The number of nitrogens with one attached hydrogen (secondary N) is 3. The van der Waals surface area contributed by atoms with Gasteiger partial charge in [-0.1, -0.05) is 20.8 Å². The molecule has 13 nitrogen and oxygen atoms in total. The van der Waals surface area contributed by atoms with E-state index in [1.165, 1.54) is 11.8 Å². The van der Waals surface area contributed by atoms with Crippen molar-refractivity contribution in [2.75, 3.05) is 33.2 Å². The van der Waals surface area contributed by atoms with Crippen molar-refractivity contribution in [1.82, 2.24) is 25.8 Å². The molecule has 208 valence electrons. The summed E-state index contributed by atoms with van der Waals surface area (Å²) in [5, 5.41) is 7.78. The summed E-state index contributed by atoms with van der Waals surface area (Å²) in [5.41, 5.74) is 5.07. The fraction of sp³-hybridized carbons (Fsp3) is 0.708. The fourth-order valence-corrected chi connectivity index (χ4v) is 3.90. The van der Waals surface area contributed by atoms with Crippen LogP contribution in [0.1, 0.15) is 53.4 Å². The van der Waals surface area contributed by atoms with Crippen LogP contribution in [-0.2, 0) is 28.8 Å². The number of ketones is 1. The maximum absolute atomic E-state index is 13.2. The first kappa shape index (κ1) is 31.5. The molecule has 0 spiro atoms. The van der Waals surface area contributed by atoms with Crippen molar-refractivity contribution in [3.63, 3.8) is 0 Å². The van der Waals surface area contributed by atoms with E-state index in [1.54, 1.807) is 27.8 Å². The minimum atomic E-state index is -0.930. The summed E-state index contributed by atoms with van der Waals surface area (Å²) in [6.07, 6.45) is 0.528. The SMILES string of the molecule is CC(=O)N(C)CCNC(=O)[C@H](CCCNC(N)=O)CC(=O)[C@@H](NC(=O)CN1C(=O)CC(C)C1=O)C(C)C. The molecule has 0 radical (unpaired) electrons. The highest BCUT2D eigenvalue weighted by Crippen LogP contribution is 2.19. The summed E-state index contributed by atoms with van der Waals surface area (Å²) in [7, 11) is 1.60. The van der Waals surface area contributed by atoms with Crippen LogP contribution in [0, 0.1) is 17.8 Å². The molecule has 3 atom stereocenters. The molecule has 1 saturated heterocycles. The Morgan fingerprint density at radius 2 is 1.76 bits per heavy atom. The third kappa shape index (κ3) is 10.6. The molecule has 37 heavy (non-hydrogen) atoms. The van der Waals surface area contributed by atoms with Crippen LogP contribution < -0.4 is 21.7 Å². The Balaban J connectivity index is 2.83. The van der Waals surface area contributed by atoms with Gasteiger partial charge >= 0.3 is 6.03 Å². The van der Waals surface area contributed by atoms with Gasteiger partial charge in [-0.15, -0.1) is 0 Å². The molecule has 7 amide bonds. The van der Waals surface area contributed by atoms with Gasteiger partial charge in [0.1, 0.15) is 6.54 Å². The van der Waals surface area contributed by atoms with E-state index >= 15 is 0 Å². The van der Waals surface area contributed by atoms with Crippen LogP contribution in [0.15, 0.2) is 0 Å². The van der Waals surface area contributed by atoms with Gasteiger partial charge < -0.3 is 26.6 Å². The largest absolute Gasteiger partial charge is 0.354 e. The van der Waals surface area contributed by atoms with Gasteiger partial charge in [0.05, 0.1) is 6.04 Å². The molecule has 13 heteroatoms. The van der Waals surface area contributed by atoms with Crippen molar-refractivity contribution < 1.29 is 33.6 Å². The molecule has 0 aromatic rings. The molecule has 0 bridgehead atoms. The van der Waals surface area contributed by atoms with Gasteiger partial charge in [0.25, 0.3) is 0 Å². The number of primary amides is 1. The number of nitrogens with two attached hydrogens (primary N) is 1. The summed E-state index contributed by atoms with van der Waals surface area (Å²) in [4.78, 5) is 87.4. The molecule has 0 aromatic heterocycles. The van der Waals surface area contributed by atoms with Crippen molar-refractivity contribution in [3.8, 4) is 0 Å². The molecule has 1 fully saturated rings. The Bertz CT molecular complexity index is 891. The average molecular weight is 525 g/mol. The molecule has 0 aromatic carbocycles. The highest BCUT2D eigenvalue weighted by atomic mass is 16.2. The lowest BCUT2D eigenvalue weighted by molar-refractivity contribution is -0.143. The number of nitrogens with zero attached hydrogens (tertiary/aromatic N) is 2. The normalized spacial score (nSPS) is 16.8. The molecule has 5 N–H and O–H groups in total. The van der Waals surface area contributed by atoms with Gasteiger partial charge in [-0.2, -0.15) is 0 Å². The highest BCUT2D eigenvalue weighted by molar-refractivity contribution is 6.06. The maximum Gasteiger partial charge on any atom is 0.312 e. The van der Waals surface area contributed by atoms with E-state index < -0.39 is 48.2 Å². The minimum absolute atomic E-state index is 0.0439. The zero-order valence-electron chi connectivity index (χ0n) is 22.3. The van der Waals surface area contributed by atoms with Crippen LogP contribution in [-0.4, -0.2) is 90.4 Å². The van der Waals surface area contributed by atoms with Crippen LogP contribution in [0.5, 0.6) is 0 Å². The Hall–Kier alpha value is -3.51. The van der Waals surface area contributed by atoms with Gasteiger partial charge in [0, 0.05) is 58.3 Å². The van der Waals surface area contributed by atoms with E-state index in [4.69, 9.17) is 5.73 Å². The predicted molar refractivity (Wildman–Crippen MR) is 134 cm³/mol. The van der Waals surface area contributed by atoms with Crippen LogP contribution in [0.3, 0.4) is 0 Å². The molecule has 0 aliphatic carbocycles. The predicted octanol–water partition coefficient (Wildman–Crippen LogP) is -0.859. The van der Waals surface area contributed by atoms with Gasteiger partial charge in [-0.3, -0.25) is 33.7 Å². The Morgan fingerprint density at radius 1 is 1.11 bits per heavy atom. The summed E-state index contributed by atoms with van der Waals surface area (Å²) in [6, 6.07) is -1.63. The number of carbonyl (C=O) groups excluding carboxylic acids is 7. The van der Waals surface area contributed by atoms with Crippen molar-refractivity contribution in [3.05, 3.63) is 0 Å². The molecule has 1 unspecified atom stereocenters. The van der Waals surface area contributed by atoms with E-state index in [-0.39, 0.29) is 55.9 Å². The van der Waals surface area contributed by atoms with E-state index in [2.05, 4.69) is 16.0 Å². The van der Waals surface area contributed by atoms with Crippen LogP contribution in [0.25, 0.3) is 0 Å². The van der Waals surface area contributed by atoms with Crippen molar-refractivity contribution in [1.29, 1.82) is 0 Å². The summed E-state index contributed by atoms with van der Waals surface area (Å²) in [6.45, 7) is 6.74. The Labute approximate surface area is 217 Å². The monoisotopic (exact) mass is 524 g/mol. The lowest BCUT2D eigenvalue weighted by Crippen LogP contribution is -2.50. The van der Waals surface area contributed by atoms with E-state index in [9.17, 15) is 33.6 Å². The number of hydrogen-bond acceptors (Lipinski definition) is 7. The lowest BCUT2D eigenvalue weighted by Gasteiger charge is -2.25. The number of likely N-dealkylation sites (N-methyl/N-ethyl adjacent to an activating group) is 1. The molecule has 1 rings (SSSR count). The number of likely N-dealkylation sites (tertiary alicyclic amines) is 1. The van der Waals surface area contributed by atoms with Crippen molar-refractivity contribution in [2.45, 2.75) is 59.4 Å². The summed E-state index contributed by atoms with van der Waals surface area (Å²) < 4.78 is 0. The van der Waals surface area contributed by atoms with Gasteiger partial charge in [0.2, 0.25) is 29.5 Å². The second-order valence-corrected chi connectivity index (χ2v) is 9.74. The number of amides is 7. The number of urea groups is 1. The van der Waals surface area contributed by atoms with Crippen LogP contribution in [0.2, 0.25) is 0 Å². The topological polar surface area (TPSA) is 188 Å². The number of hydrogen-bond donors (Lipinski definition) is 4. The zero-order valence-corrected chi connectivity index (χ0v) is 22.3. The second-order valence-electron chi connectivity index (χ2n) is 9.74. The van der Waals surface area contributed by atoms with E-state index in [1.807, 2.05) is 0 Å². The van der Waals surface area contributed by atoms with E-state index in [0.717, 1.165) is 4.90 Å². The first-order valence-corrected chi connectivity index (χ1v) is 12.4. The number of carbonyl (C=O) groups is 7. The minimum Gasteiger partial charge on any atom is -0.354 e. The summed E-state index contributed by atoms with van der Waals surface area (Å²) in [5.74, 6) is -3.96. The standard InChI is InChI=1S/C24H40N6O7/c1-14(2)21(28-19(33)13-30-20(34)11-15(3)23(30)36)18(32)12-17(7-6-8-27-24(25)37)22(35)26-9-10-29(5)16(4)31/h14-15,17,21H,6-13H2,1-5H3,(H,26,35)(H,28,33)(H3,25,27,37)/t15?,17-,21+/m1/s1. The maximum atomic E-state index is 13.2. The molecule has 1 heterocycles. The molecule has 1 aliphatic rings. The highest BCUT2D eigenvalue weighted by Gasteiger charge is 2.37. The summed E-state index contributed by atoms with van der Waals surface area (Å²) >= 11 is 0. The first-order chi connectivity index (χ1) is 17.2. The molecular weight excluding hydrogens is 484 g/mol. The number of Topliss-reactive ketones (excluding diaryl/α,β-unsaturated/α-hetero) is 1. The smallest absolute Gasteiger partial charge is 0.312 e. The molecular formula is C24H40N6O7. The van der Waals surface area contributed by atoms with Gasteiger partial charge in [-0.25, -0.2) is 4.79 Å². The van der Waals surface area contributed by atoms with Crippen molar-refractivity contribution >= 4 is 41.4 Å². The quantitative estimate of drug-likeness (QED) is 0.158. The third-order valence-corrected chi connectivity index (χ3v) is 6.23. The van der Waals surface area contributed by atoms with Gasteiger partial charge in [0.15, 0.2) is 5.78 Å². The van der Waals surface area contributed by atoms with Crippen LogP contribution >= 0.6 is 0 Å². The van der Waals surface area contributed by atoms with E-state index in [0.29, 0.717) is 13.0 Å². The van der Waals surface area contributed by atoms with Crippen LogP contribution in [0.4, 0.5) is 4.79 Å². The first-order valence-electron chi connectivity index (χ1n) is 12.4. The van der Waals surface area contributed by atoms with Crippen molar-refractivity contribution in [2.24, 2.45) is 23.5 Å². The fourth-order valence-electron chi connectivity index (χ4n) is 3.90. The third-order valence-electron chi connectivity index (χ3n) is 6.23. The average Bonchev–Trinajstić information content (AvgIpc) is 3.04.